The molecule has 0 aliphatic heterocycles. The Morgan fingerprint density at radius 1 is 1.44 bits per heavy atom. The van der Waals surface area contributed by atoms with Gasteiger partial charge in [-0.3, -0.25) is 4.98 Å². The Hall–Kier alpha value is -1.42. The summed E-state index contributed by atoms with van der Waals surface area (Å²) in [5, 5.41) is 12.2. The highest BCUT2D eigenvalue weighted by atomic mass is 16.4. The van der Waals surface area contributed by atoms with Gasteiger partial charge in [0.2, 0.25) is 0 Å². The highest BCUT2D eigenvalue weighted by Crippen LogP contribution is 2.36. The van der Waals surface area contributed by atoms with Crippen molar-refractivity contribution in [2.45, 2.75) is 39.2 Å². The van der Waals surface area contributed by atoms with E-state index < -0.39 is 5.97 Å². The molecule has 0 spiro atoms. The van der Waals surface area contributed by atoms with Crippen LogP contribution in [0.25, 0.3) is 0 Å². The number of pyridine rings is 1. The molecule has 1 saturated carbocycles. The average molecular weight is 248 g/mol. The van der Waals surface area contributed by atoms with Crippen molar-refractivity contribution in [1.29, 1.82) is 0 Å². The van der Waals surface area contributed by atoms with E-state index in [-0.39, 0.29) is 5.56 Å². The second-order valence-corrected chi connectivity index (χ2v) is 5.46. The van der Waals surface area contributed by atoms with Gasteiger partial charge in [0.15, 0.2) is 0 Å². The van der Waals surface area contributed by atoms with Crippen molar-refractivity contribution in [1.82, 2.24) is 10.3 Å². The fourth-order valence-electron chi connectivity index (χ4n) is 2.55. The zero-order valence-corrected chi connectivity index (χ0v) is 10.8. The Labute approximate surface area is 107 Å². The maximum atomic E-state index is 10.7. The monoisotopic (exact) mass is 248 g/mol. The lowest BCUT2D eigenvalue weighted by Gasteiger charge is -2.23. The number of aromatic nitrogens is 1. The molecule has 1 heterocycles. The molecule has 1 aliphatic rings. The number of carboxylic acids is 1. The second kappa shape index (κ2) is 5.48. The summed E-state index contributed by atoms with van der Waals surface area (Å²) < 4.78 is 0. The lowest BCUT2D eigenvalue weighted by atomic mass is 9.89. The summed E-state index contributed by atoms with van der Waals surface area (Å²) in [6, 6.07) is 3.37. The normalized spacial score (nSPS) is 17.8. The summed E-state index contributed by atoms with van der Waals surface area (Å²) in [4.78, 5) is 14.8. The molecule has 0 saturated heterocycles. The van der Waals surface area contributed by atoms with Gasteiger partial charge in [-0.2, -0.15) is 0 Å². The molecule has 1 aromatic rings. The third-order valence-electron chi connectivity index (χ3n) is 3.74. The molecule has 0 amide bonds. The van der Waals surface area contributed by atoms with Gasteiger partial charge in [-0.05, 0) is 30.4 Å². The number of carboxylic acid groups (broad SMARTS) is 1. The first-order valence-corrected chi connectivity index (χ1v) is 6.48. The van der Waals surface area contributed by atoms with Gasteiger partial charge in [0.1, 0.15) is 0 Å². The van der Waals surface area contributed by atoms with Gasteiger partial charge in [0.05, 0.1) is 11.3 Å². The number of hydrogen-bond donors (Lipinski definition) is 2. The Balaban J connectivity index is 1.81. The van der Waals surface area contributed by atoms with Crippen molar-refractivity contribution in [2.75, 3.05) is 6.54 Å². The molecule has 2 rings (SSSR count). The van der Waals surface area contributed by atoms with Gasteiger partial charge >= 0.3 is 5.97 Å². The van der Waals surface area contributed by atoms with Crippen molar-refractivity contribution in [3.63, 3.8) is 0 Å². The zero-order valence-electron chi connectivity index (χ0n) is 10.8. The standard InChI is InChI=1S/C14H20N2O2/c1-14(6-2-3-7-14)10-15-9-12-5-4-11(8-16-12)13(17)18/h4-5,8,15H,2-3,6-7,9-10H2,1H3,(H,17,18). The van der Waals surface area contributed by atoms with E-state index in [2.05, 4.69) is 17.2 Å². The van der Waals surface area contributed by atoms with Crippen LogP contribution in [-0.2, 0) is 6.54 Å². The molecule has 0 aromatic carbocycles. The van der Waals surface area contributed by atoms with Crippen molar-refractivity contribution in [2.24, 2.45) is 5.41 Å². The van der Waals surface area contributed by atoms with E-state index in [0.29, 0.717) is 12.0 Å². The molecule has 1 fully saturated rings. The molecule has 98 valence electrons. The molecular formula is C14H20N2O2. The Morgan fingerprint density at radius 2 is 2.17 bits per heavy atom. The molecule has 1 aliphatic carbocycles. The van der Waals surface area contributed by atoms with E-state index in [0.717, 1.165) is 12.2 Å². The molecule has 0 atom stereocenters. The van der Waals surface area contributed by atoms with Crippen LogP contribution >= 0.6 is 0 Å². The highest BCUT2D eigenvalue weighted by molar-refractivity contribution is 5.87. The number of rotatable bonds is 5. The quantitative estimate of drug-likeness (QED) is 0.840. The number of nitrogens with one attached hydrogen (secondary N) is 1. The first kappa shape index (κ1) is 13.0. The summed E-state index contributed by atoms with van der Waals surface area (Å²) in [5.41, 5.74) is 1.56. The maximum Gasteiger partial charge on any atom is 0.337 e. The number of nitrogens with zero attached hydrogens (tertiary/aromatic N) is 1. The summed E-state index contributed by atoms with van der Waals surface area (Å²) >= 11 is 0. The van der Waals surface area contributed by atoms with Crippen LogP contribution in [0.1, 0.15) is 48.7 Å². The Bertz CT molecular complexity index is 408. The summed E-state index contributed by atoms with van der Waals surface area (Å²) in [6.45, 7) is 4.04. The summed E-state index contributed by atoms with van der Waals surface area (Å²) in [7, 11) is 0. The third kappa shape index (κ3) is 3.29. The van der Waals surface area contributed by atoms with E-state index in [9.17, 15) is 4.79 Å². The molecular weight excluding hydrogens is 228 g/mol. The number of aromatic carboxylic acids is 1. The van der Waals surface area contributed by atoms with Gasteiger partial charge in [-0.15, -0.1) is 0 Å². The van der Waals surface area contributed by atoms with Crippen LogP contribution in [0, 0.1) is 5.41 Å². The lowest BCUT2D eigenvalue weighted by molar-refractivity contribution is 0.0696. The predicted molar refractivity (Wildman–Crippen MR) is 69.5 cm³/mol. The van der Waals surface area contributed by atoms with Crippen molar-refractivity contribution in [3.05, 3.63) is 29.6 Å². The minimum atomic E-state index is -0.930. The van der Waals surface area contributed by atoms with Crippen LogP contribution in [0.15, 0.2) is 18.3 Å². The molecule has 1 aromatic heterocycles. The van der Waals surface area contributed by atoms with Crippen LogP contribution in [-0.4, -0.2) is 22.6 Å². The molecule has 18 heavy (non-hydrogen) atoms. The SMILES string of the molecule is CC1(CNCc2ccc(C(=O)O)cn2)CCCC1. The Kier molecular flexibility index (Phi) is 3.97. The van der Waals surface area contributed by atoms with Crippen molar-refractivity contribution in [3.8, 4) is 0 Å². The third-order valence-corrected chi connectivity index (χ3v) is 3.74. The van der Waals surface area contributed by atoms with Crippen molar-refractivity contribution < 1.29 is 9.90 Å². The zero-order chi connectivity index (χ0) is 13.0. The molecule has 4 heteroatoms. The fourth-order valence-corrected chi connectivity index (χ4v) is 2.55. The van der Waals surface area contributed by atoms with Crippen LogP contribution in [0.5, 0.6) is 0 Å². The minimum absolute atomic E-state index is 0.238. The summed E-state index contributed by atoms with van der Waals surface area (Å²) in [6.07, 6.45) is 6.68. The van der Waals surface area contributed by atoms with Crippen LogP contribution in [0.4, 0.5) is 0 Å². The lowest BCUT2D eigenvalue weighted by Crippen LogP contribution is -2.29. The van der Waals surface area contributed by atoms with E-state index in [1.165, 1.54) is 31.9 Å². The molecule has 2 N–H and O–H groups in total. The molecule has 0 unspecified atom stereocenters. The second-order valence-electron chi connectivity index (χ2n) is 5.46. The maximum absolute atomic E-state index is 10.7. The van der Waals surface area contributed by atoms with E-state index in [4.69, 9.17) is 5.11 Å². The van der Waals surface area contributed by atoms with Gasteiger partial charge in [0.25, 0.3) is 0 Å². The molecule has 0 bridgehead atoms. The minimum Gasteiger partial charge on any atom is -0.478 e. The average Bonchev–Trinajstić information content (AvgIpc) is 2.77. The fraction of sp³-hybridized carbons (Fsp3) is 0.571. The topological polar surface area (TPSA) is 62.2 Å². The highest BCUT2D eigenvalue weighted by Gasteiger charge is 2.27. The van der Waals surface area contributed by atoms with E-state index in [1.54, 1.807) is 12.1 Å². The Morgan fingerprint density at radius 3 is 2.72 bits per heavy atom. The number of hydrogen-bond acceptors (Lipinski definition) is 3. The summed E-state index contributed by atoms with van der Waals surface area (Å²) in [5.74, 6) is -0.930. The molecule has 0 radical (unpaired) electrons. The van der Waals surface area contributed by atoms with Gasteiger partial charge in [0, 0.05) is 19.3 Å². The van der Waals surface area contributed by atoms with Gasteiger partial charge < -0.3 is 10.4 Å². The van der Waals surface area contributed by atoms with E-state index >= 15 is 0 Å². The first-order chi connectivity index (χ1) is 8.59. The van der Waals surface area contributed by atoms with Crippen molar-refractivity contribution >= 4 is 5.97 Å². The van der Waals surface area contributed by atoms with Crippen LogP contribution in [0.3, 0.4) is 0 Å². The first-order valence-electron chi connectivity index (χ1n) is 6.48. The largest absolute Gasteiger partial charge is 0.478 e. The van der Waals surface area contributed by atoms with Crippen LogP contribution < -0.4 is 5.32 Å². The smallest absolute Gasteiger partial charge is 0.337 e. The predicted octanol–water partition coefficient (Wildman–Crippen LogP) is 2.45. The van der Waals surface area contributed by atoms with Gasteiger partial charge in [-0.1, -0.05) is 19.8 Å². The van der Waals surface area contributed by atoms with Crippen LogP contribution in [0.2, 0.25) is 0 Å². The molecule has 4 nitrogen and oxygen atoms in total. The van der Waals surface area contributed by atoms with Gasteiger partial charge in [-0.25, -0.2) is 4.79 Å². The number of carbonyl (C=O) groups is 1. The van der Waals surface area contributed by atoms with E-state index in [1.807, 2.05) is 0 Å².